The van der Waals surface area contributed by atoms with Crippen molar-refractivity contribution in [1.29, 1.82) is 0 Å². The molecule has 0 fully saturated rings. The summed E-state index contributed by atoms with van der Waals surface area (Å²) in [6.45, 7) is 5.16. The SMILES string of the molecule is CCCCOc1cc([N+](=O)[O-])c(OCCCC)cc1CBr. The van der Waals surface area contributed by atoms with Crippen LogP contribution in [0.3, 0.4) is 0 Å². The molecule has 1 aromatic carbocycles. The van der Waals surface area contributed by atoms with Crippen LogP contribution in [0, 0.1) is 10.1 Å². The summed E-state index contributed by atoms with van der Waals surface area (Å²) in [5, 5.41) is 11.8. The van der Waals surface area contributed by atoms with E-state index in [2.05, 4.69) is 22.9 Å². The van der Waals surface area contributed by atoms with Crippen LogP contribution in [0.2, 0.25) is 0 Å². The molecule has 0 unspecified atom stereocenters. The number of nitrogens with zero attached hydrogens (tertiary/aromatic N) is 1. The van der Waals surface area contributed by atoms with Crippen LogP contribution in [0.25, 0.3) is 0 Å². The van der Waals surface area contributed by atoms with Gasteiger partial charge in [0, 0.05) is 10.9 Å². The third-order valence-corrected chi connectivity index (χ3v) is 3.60. The van der Waals surface area contributed by atoms with Crippen LogP contribution in [0.1, 0.15) is 45.1 Å². The molecule has 1 aromatic rings. The Hall–Kier alpha value is -1.30. The maximum absolute atomic E-state index is 11.2. The van der Waals surface area contributed by atoms with Crippen LogP contribution in [0.5, 0.6) is 11.5 Å². The molecule has 0 aliphatic rings. The van der Waals surface area contributed by atoms with Crippen molar-refractivity contribution in [3.05, 3.63) is 27.8 Å². The number of nitro benzene ring substituents is 1. The molecule has 0 bridgehead atoms. The molecular weight excluding hydrogens is 338 g/mol. The quantitative estimate of drug-likeness (QED) is 0.259. The minimum atomic E-state index is -0.425. The number of rotatable bonds is 10. The minimum Gasteiger partial charge on any atom is -0.493 e. The molecule has 0 aliphatic carbocycles. The summed E-state index contributed by atoms with van der Waals surface area (Å²) in [5.74, 6) is 0.862. The summed E-state index contributed by atoms with van der Waals surface area (Å²) in [4.78, 5) is 10.8. The Kier molecular flexibility index (Phi) is 8.12. The van der Waals surface area contributed by atoms with Gasteiger partial charge in [0.05, 0.1) is 24.2 Å². The Morgan fingerprint density at radius 3 is 2.14 bits per heavy atom. The van der Waals surface area contributed by atoms with Gasteiger partial charge in [-0.2, -0.15) is 0 Å². The fourth-order valence-corrected chi connectivity index (χ4v) is 2.18. The van der Waals surface area contributed by atoms with Gasteiger partial charge >= 0.3 is 5.69 Å². The van der Waals surface area contributed by atoms with Crippen molar-refractivity contribution < 1.29 is 14.4 Å². The van der Waals surface area contributed by atoms with E-state index in [1.54, 1.807) is 6.07 Å². The van der Waals surface area contributed by atoms with E-state index in [4.69, 9.17) is 9.47 Å². The van der Waals surface area contributed by atoms with Crippen LogP contribution >= 0.6 is 15.9 Å². The van der Waals surface area contributed by atoms with Crippen LogP contribution < -0.4 is 9.47 Å². The van der Waals surface area contributed by atoms with E-state index < -0.39 is 4.92 Å². The summed E-state index contributed by atoms with van der Waals surface area (Å²) in [7, 11) is 0. The zero-order valence-corrected chi connectivity index (χ0v) is 14.1. The van der Waals surface area contributed by atoms with E-state index in [0.29, 0.717) is 30.0 Å². The Labute approximate surface area is 133 Å². The van der Waals surface area contributed by atoms with E-state index in [1.165, 1.54) is 6.07 Å². The fraction of sp³-hybridized carbons (Fsp3) is 0.600. The van der Waals surface area contributed by atoms with Gasteiger partial charge in [0.25, 0.3) is 0 Å². The van der Waals surface area contributed by atoms with E-state index >= 15 is 0 Å². The maximum atomic E-state index is 11.2. The van der Waals surface area contributed by atoms with Crippen LogP contribution in [0.15, 0.2) is 12.1 Å². The lowest BCUT2D eigenvalue weighted by atomic mass is 10.2. The second-order valence-electron chi connectivity index (χ2n) is 4.72. The highest BCUT2D eigenvalue weighted by Crippen LogP contribution is 2.36. The number of hydrogen-bond donors (Lipinski definition) is 0. The second kappa shape index (κ2) is 9.60. The van der Waals surface area contributed by atoms with Crippen molar-refractivity contribution in [2.75, 3.05) is 13.2 Å². The zero-order valence-electron chi connectivity index (χ0n) is 12.6. The van der Waals surface area contributed by atoms with Gasteiger partial charge in [-0.15, -0.1) is 0 Å². The summed E-state index contributed by atoms with van der Waals surface area (Å²) in [5.41, 5.74) is 0.825. The summed E-state index contributed by atoms with van der Waals surface area (Å²) < 4.78 is 11.2. The molecule has 0 radical (unpaired) electrons. The molecule has 21 heavy (non-hydrogen) atoms. The lowest BCUT2D eigenvalue weighted by Gasteiger charge is -2.13. The van der Waals surface area contributed by atoms with E-state index in [9.17, 15) is 10.1 Å². The molecule has 0 atom stereocenters. The maximum Gasteiger partial charge on any atom is 0.314 e. The molecular formula is C15H22BrNO4. The average molecular weight is 360 g/mol. The molecule has 5 nitrogen and oxygen atoms in total. The van der Waals surface area contributed by atoms with Gasteiger partial charge in [0.15, 0.2) is 5.75 Å². The van der Waals surface area contributed by atoms with Crippen molar-refractivity contribution in [2.24, 2.45) is 0 Å². The summed E-state index contributed by atoms with van der Waals surface area (Å²) in [6, 6.07) is 3.16. The molecule has 0 aliphatic heterocycles. The number of nitro groups is 1. The largest absolute Gasteiger partial charge is 0.493 e. The summed E-state index contributed by atoms with van der Waals surface area (Å²) in [6.07, 6.45) is 3.79. The number of benzene rings is 1. The number of halogens is 1. The number of unbranched alkanes of at least 4 members (excludes halogenated alkanes) is 2. The van der Waals surface area contributed by atoms with Crippen LogP contribution in [-0.2, 0) is 5.33 Å². The van der Waals surface area contributed by atoms with Crippen LogP contribution in [0.4, 0.5) is 5.69 Å². The van der Waals surface area contributed by atoms with Gasteiger partial charge in [0.2, 0.25) is 0 Å². The summed E-state index contributed by atoms with van der Waals surface area (Å²) >= 11 is 3.39. The smallest absolute Gasteiger partial charge is 0.314 e. The van der Waals surface area contributed by atoms with Crippen molar-refractivity contribution in [2.45, 2.75) is 44.9 Å². The predicted molar refractivity (Wildman–Crippen MR) is 86.5 cm³/mol. The molecule has 118 valence electrons. The zero-order chi connectivity index (χ0) is 15.7. The van der Waals surface area contributed by atoms with Gasteiger partial charge in [-0.3, -0.25) is 10.1 Å². The Morgan fingerprint density at radius 1 is 1.10 bits per heavy atom. The minimum absolute atomic E-state index is 0.0395. The third-order valence-electron chi connectivity index (χ3n) is 2.99. The van der Waals surface area contributed by atoms with E-state index in [1.807, 2.05) is 6.92 Å². The molecule has 6 heteroatoms. The number of ether oxygens (including phenoxy) is 2. The molecule has 0 saturated carbocycles. The Balaban J connectivity index is 2.99. The van der Waals surface area contributed by atoms with Crippen molar-refractivity contribution in [1.82, 2.24) is 0 Å². The highest BCUT2D eigenvalue weighted by atomic mass is 79.9. The number of alkyl halides is 1. The Bertz CT molecular complexity index is 465. The average Bonchev–Trinajstić information content (AvgIpc) is 2.48. The van der Waals surface area contributed by atoms with Crippen molar-refractivity contribution in [3.63, 3.8) is 0 Å². The first-order valence-corrected chi connectivity index (χ1v) is 8.39. The molecule has 1 rings (SSSR count). The van der Waals surface area contributed by atoms with Gasteiger partial charge in [-0.05, 0) is 18.9 Å². The first-order valence-electron chi connectivity index (χ1n) is 7.26. The molecule has 0 aromatic heterocycles. The highest BCUT2D eigenvalue weighted by molar-refractivity contribution is 9.08. The van der Waals surface area contributed by atoms with E-state index in [0.717, 1.165) is 31.2 Å². The normalized spacial score (nSPS) is 10.4. The molecule has 0 N–H and O–H groups in total. The third kappa shape index (κ3) is 5.53. The highest BCUT2D eigenvalue weighted by Gasteiger charge is 2.20. The monoisotopic (exact) mass is 359 g/mol. The lowest BCUT2D eigenvalue weighted by Crippen LogP contribution is -2.04. The molecule has 0 spiro atoms. The molecule has 0 saturated heterocycles. The molecule has 0 amide bonds. The number of hydrogen-bond acceptors (Lipinski definition) is 4. The van der Waals surface area contributed by atoms with E-state index in [-0.39, 0.29) is 5.69 Å². The van der Waals surface area contributed by atoms with Crippen molar-refractivity contribution in [3.8, 4) is 11.5 Å². The first-order chi connectivity index (χ1) is 10.1. The topological polar surface area (TPSA) is 61.6 Å². The predicted octanol–water partition coefficient (Wildman–Crippen LogP) is 4.85. The Morgan fingerprint density at radius 2 is 1.67 bits per heavy atom. The molecule has 0 heterocycles. The van der Waals surface area contributed by atoms with Gasteiger partial charge in [-0.25, -0.2) is 0 Å². The van der Waals surface area contributed by atoms with Gasteiger partial charge in [-0.1, -0.05) is 42.6 Å². The standard InChI is InChI=1S/C15H22BrNO4/c1-3-5-7-20-14-10-13(17(18)19)15(9-12(14)11-16)21-8-6-4-2/h9-10H,3-8,11H2,1-2H3. The van der Waals surface area contributed by atoms with Crippen LogP contribution in [-0.4, -0.2) is 18.1 Å². The van der Waals surface area contributed by atoms with Gasteiger partial charge < -0.3 is 9.47 Å². The first kappa shape index (κ1) is 17.8. The lowest BCUT2D eigenvalue weighted by molar-refractivity contribution is -0.386. The second-order valence-corrected chi connectivity index (χ2v) is 5.28. The fourth-order valence-electron chi connectivity index (χ4n) is 1.74. The van der Waals surface area contributed by atoms with Gasteiger partial charge in [0.1, 0.15) is 5.75 Å². The van der Waals surface area contributed by atoms with Crippen molar-refractivity contribution >= 4 is 21.6 Å².